The molecule has 1 aliphatic heterocycles. The quantitative estimate of drug-likeness (QED) is 0.747. The molecule has 7 heteroatoms. The Labute approximate surface area is 122 Å². The number of carbonyl (C=O) groups is 2. The van der Waals surface area contributed by atoms with Crippen molar-refractivity contribution in [2.45, 2.75) is 32.2 Å². The number of hydrogen-bond donors (Lipinski definition) is 3. The maximum Gasteiger partial charge on any atom is 0.272 e. The van der Waals surface area contributed by atoms with Crippen LogP contribution in [0.2, 0.25) is 0 Å². The first kappa shape index (κ1) is 15.1. The maximum absolute atomic E-state index is 12.0. The minimum atomic E-state index is -0.827. The van der Waals surface area contributed by atoms with E-state index in [1.807, 2.05) is 0 Å². The molecule has 0 aliphatic carbocycles. The summed E-state index contributed by atoms with van der Waals surface area (Å²) in [5, 5.41) is 15.0. The number of unbranched alkanes of at least 4 members (excludes halogenated alkanes) is 1. The van der Waals surface area contributed by atoms with Crippen LogP contribution in [0.1, 0.15) is 53.1 Å². The van der Waals surface area contributed by atoms with Crippen LogP contribution in [0, 0.1) is 0 Å². The van der Waals surface area contributed by atoms with E-state index >= 15 is 0 Å². The number of aromatic hydroxyl groups is 1. The Morgan fingerprint density at radius 3 is 2.86 bits per heavy atom. The van der Waals surface area contributed by atoms with Crippen LogP contribution in [0.25, 0.3) is 0 Å². The summed E-state index contributed by atoms with van der Waals surface area (Å²) in [5.41, 5.74) is -1.05. The van der Waals surface area contributed by atoms with Gasteiger partial charge >= 0.3 is 0 Å². The van der Waals surface area contributed by atoms with E-state index in [-0.39, 0.29) is 17.3 Å². The van der Waals surface area contributed by atoms with Gasteiger partial charge in [-0.05, 0) is 6.42 Å². The van der Waals surface area contributed by atoms with Crippen molar-refractivity contribution >= 4 is 11.8 Å². The van der Waals surface area contributed by atoms with E-state index in [1.54, 1.807) is 4.57 Å². The van der Waals surface area contributed by atoms with Gasteiger partial charge < -0.3 is 20.3 Å². The summed E-state index contributed by atoms with van der Waals surface area (Å²) in [7, 11) is 1.41. The van der Waals surface area contributed by atoms with Gasteiger partial charge in [0.05, 0.1) is 6.04 Å². The highest BCUT2D eigenvalue weighted by atomic mass is 16.3. The van der Waals surface area contributed by atoms with Crippen LogP contribution in [0.3, 0.4) is 0 Å². The molecule has 0 saturated carbocycles. The lowest BCUT2D eigenvalue weighted by atomic mass is 10.0. The Morgan fingerprint density at radius 2 is 2.24 bits per heavy atom. The van der Waals surface area contributed by atoms with Gasteiger partial charge in [0, 0.05) is 19.8 Å². The van der Waals surface area contributed by atoms with Gasteiger partial charge in [-0.3, -0.25) is 14.4 Å². The molecule has 0 fully saturated rings. The summed E-state index contributed by atoms with van der Waals surface area (Å²) in [4.78, 5) is 35.6. The number of amides is 2. The fourth-order valence-electron chi connectivity index (χ4n) is 2.50. The summed E-state index contributed by atoms with van der Waals surface area (Å²) < 4.78 is 1.55. The fourth-order valence-corrected chi connectivity index (χ4v) is 2.50. The number of pyridine rings is 1. The fraction of sp³-hybridized carbons (Fsp3) is 0.500. The molecule has 2 amide bonds. The Hall–Kier alpha value is -2.31. The van der Waals surface area contributed by atoms with E-state index in [0.29, 0.717) is 6.54 Å². The van der Waals surface area contributed by atoms with Crippen molar-refractivity contribution in [3.05, 3.63) is 27.7 Å². The number of fused-ring (bicyclic) bond motifs is 1. The van der Waals surface area contributed by atoms with E-state index in [4.69, 9.17) is 0 Å². The van der Waals surface area contributed by atoms with E-state index in [1.165, 1.54) is 13.2 Å². The Morgan fingerprint density at radius 1 is 1.52 bits per heavy atom. The number of rotatable bonds is 4. The van der Waals surface area contributed by atoms with Crippen LogP contribution >= 0.6 is 0 Å². The molecule has 0 unspecified atom stereocenters. The maximum atomic E-state index is 12.0. The van der Waals surface area contributed by atoms with Crippen molar-refractivity contribution < 1.29 is 14.7 Å². The van der Waals surface area contributed by atoms with Crippen LogP contribution in [0.5, 0.6) is 5.75 Å². The Bertz CT molecular complexity index is 636. The SMILES string of the molecule is CCCC[C@@H]1CNC(=O)c2c(O)c(=O)c(C(=O)NC)cn21. The zero-order valence-electron chi connectivity index (χ0n) is 12.1. The van der Waals surface area contributed by atoms with Gasteiger partial charge in [0.15, 0.2) is 11.4 Å². The van der Waals surface area contributed by atoms with Gasteiger partial charge in [-0.2, -0.15) is 0 Å². The number of nitrogens with one attached hydrogen (secondary N) is 2. The molecular formula is C14H19N3O4. The van der Waals surface area contributed by atoms with Crippen LogP contribution in [-0.2, 0) is 0 Å². The predicted octanol–water partition coefficient (Wildman–Crippen LogP) is 0.388. The highest BCUT2D eigenvalue weighted by molar-refractivity contribution is 5.99. The normalized spacial score (nSPS) is 17.0. The summed E-state index contributed by atoms with van der Waals surface area (Å²) >= 11 is 0. The highest BCUT2D eigenvalue weighted by Crippen LogP contribution is 2.25. The molecule has 1 aromatic heterocycles. The summed E-state index contributed by atoms with van der Waals surface area (Å²) in [6.45, 7) is 2.47. The molecule has 3 N–H and O–H groups in total. The number of carbonyl (C=O) groups excluding carboxylic acids is 2. The molecule has 2 heterocycles. The van der Waals surface area contributed by atoms with Crippen molar-refractivity contribution in [1.29, 1.82) is 0 Å². The molecule has 0 aromatic carbocycles. The van der Waals surface area contributed by atoms with Crippen molar-refractivity contribution in [3.63, 3.8) is 0 Å². The summed E-state index contributed by atoms with van der Waals surface area (Å²) in [6, 6.07) is -0.0763. The van der Waals surface area contributed by atoms with Gasteiger partial charge in [-0.1, -0.05) is 19.8 Å². The minimum Gasteiger partial charge on any atom is -0.503 e. The molecule has 0 radical (unpaired) electrons. The standard InChI is InChI=1S/C14H19N3O4/c1-3-4-5-8-6-16-14(21)10-12(19)11(18)9(7-17(8)10)13(20)15-2/h7-8,19H,3-6H2,1-2H3,(H,15,20)(H,16,21)/t8-/m1/s1. The summed E-state index contributed by atoms with van der Waals surface area (Å²) in [6.07, 6.45) is 4.10. The molecule has 0 bridgehead atoms. The first-order valence-corrected chi connectivity index (χ1v) is 6.99. The van der Waals surface area contributed by atoms with Crippen LogP contribution in [0.4, 0.5) is 0 Å². The van der Waals surface area contributed by atoms with E-state index in [9.17, 15) is 19.5 Å². The van der Waals surface area contributed by atoms with E-state index in [2.05, 4.69) is 17.6 Å². The average Bonchev–Trinajstić information content (AvgIpc) is 2.48. The average molecular weight is 293 g/mol. The lowest BCUT2D eigenvalue weighted by Crippen LogP contribution is -2.42. The molecule has 1 atom stereocenters. The van der Waals surface area contributed by atoms with Crippen molar-refractivity contribution in [2.75, 3.05) is 13.6 Å². The third kappa shape index (κ3) is 2.63. The second-order valence-corrected chi connectivity index (χ2v) is 5.06. The van der Waals surface area contributed by atoms with Gasteiger partial charge in [0.1, 0.15) is 5.56 Å². The van der Waals surface area contributed by atoms with Crippen molar-refractivity contribution in [3.8, 4) is 5.75 Å². The second-order valence-electron chi connectivity index (χ2n) is 5.06. The van der Waals surface area contributed by atoms with Crippen LogP contribution < -0.4 is 16.1 Å². The van der Waals surface area contributed by atoms with Gasteiger partial charge in [-0.25, -0.2) is 0 Å². The smallest absolute Gasteiger partial charge is 0.272 e. The molecular weight excluding hydrogens is 274 g/mol. The lowest BCUT2D eigenvalue weighted by molar-refractivity contribution is 0.0899. The van der Waals surface area contributed by atoms with Gasteiger partial charge in [0.2, 0.25) is 5.43 Å². The molecule has 0 saturated heterocycles. The van der Waals surface area contributed by atoms with Crippen molar-refractivity contribution in [2.24, 2.45) is 0 Å². The zero-order chi connectivity index (χ0) is 15.6. The molecule has 1 aromatic rings. The first-order chi connectivity index (χ1) is 10.0. The van der Waals surface area contributed by atoms with Crippen molar-refractivity contribution in [1.82, 2.24) is 15.2 Å². The molecule has 0 spiro atoms. The predicted molar refractivity (Wildman–Crippen MR) is 76.7 cm³/mol. The Balaban J connectivity index is 2.59. The summed E-state index contributed by atoms with van der Waals surface area (Å²) in [5.74, 6) is -1.75. The lowest BCUT2D eigenvalue weighted by Gasteiger charge is -2.29. The Kier molecular flexibility index (Phi) is 4.30. The molecule has 2 rings (SSSR count). The number of nitrogens with zero attached hydrogens (tertiary/aromatic N) is 1. The first-order valence-electron chi connectivity index (χ1n) is 6.99. The number of hydrogen-bond acceptors (Lipinski definition) is 4. The molecule has 7 nitrogen and oxygen atoms in total. The molecule has 1 aliphatic rings. The zero-order valence-corrected chi connectivity index (χ0v) is 12.1. The van der Waals surface area contributed by atoms with Crippen LogP contribution in [0.15, 0.2) is 11.0 Å². The topological polar surface area (TPSA) is 100 Å². The third-order valence-corrected chi connectivity index (χ3v) is 3.68. The largest absolute Gasteiger partial charge is 0.503 e. The highest BCUT2D eigenvalue weighted by Gasteiger charge is 2.30. The van der Waals surface area contributed by atoms with Gasteiger partial charge in [-0.15, -0.1) is 0 Å². The molecule has 21 heavy (non-hydrogen) atoms. The minimum absolute atomic E-state index is 0.0694. The molecule has 114 valence electrons. The van der Waals surface area contributed by atoms with Crippen LogP contribution in [-0.4, -0.2) is 35.1 Å². The van der Waals surface area contributed by atoms with Gasteiger partial charge in [0.25, 0.3) is 11.8 Å². The second kappa shape index (κ2) is 5.99. The monoisotopic (exact) mass is 293 g/mol. The van der Waals surface area contributed by atoms with E-state index in [0.717, 1.165) is 19.3 Å². The third-order valence-electron chi connectivity index (χ3n) is 3.68. The number of aromatic nitrogens is 1. The van der Waals surface area contributed by atoms with E-state index < -0.39 is 23.0 Å².